The molecular formula is C11H13N3O. The molecule has 1 saturated heterocycles. The maximum absolute atomic E-state index is 5.61. The molecule has 1 aliphatic rings. The van der Waals surface area contributed by atoms with Crippen LogP contribution in [0.2, 0.25) is 0 Å². The first-order valence-corrected chi connectivity index (χ1v) is 5.27. The topological polar surface area (TPSA) is 39.4 Å². The van der Waals surface area contributed by atoms with E-state index in [1.54, 1.807) is 0 Å². The summed E-state index contributed by atoms with van der Waals surface area (Å²) in [5.74, 6) is 0.933. The Labute approximate surface area is 87.9 Å². The second kappa shape index (κ2) is 3.31. The zero-order valence-corrected chi connectivity index (χ0v) is 8.68. The Bertz CT molecular complexity index is 486. The van der Waals surface area contributed by atoms with Crippen LogP contribution < -0.4 is 0 Å². The highest BCUT2D eigenvalue weighted by atomic mass is 16.5. The molecule has 0 N–H and O–H groups in total. The summed E-state index contributed by atoms with van der Waals surface area (Å²) in [6.07, 6.45) is 4.31. The number of pyridine rings is 1. The van der Waals surface area contributed by atoms with Gasteiger partial charge in [-0.1, -0.05) is 0 Å². The fourth-order valence-electron chi connectivity index (χ4n) is 2.01. The van der Waals surface area contributed by atoms with E-state index in [9.17, 15) is 0 Å². The highest BCUT2D eigenvalue weighted by molar-refractivity contribution is 5.41. The Morgan fingerprint density at radius 1 is 1.47 bits per heavy atom. The van der Waals surface area contributed by atoms with Gasteiger partial charge in [0.05, 0.1) is 0 Å². The largest absolute Gasteiger partial charge is 0.370 e. The molecule has 4 heteroatoms. The molecule has 15 heavy (non-hydrogen) atoms. The van der Waals surface area contributed by atoms with Crippen molar-refractivity contribution in [1.29, 1.82) is 0 Å². The van der Waals surface area contributed by atoms with Crippen molar-refractivity contribution < 1.29 is 4.74 Å². The minimum Gasteiger partial charge on any atom is -0.370 e. The summed E-state index contributed by atoms with van der Waals surface area (Å²) >= 11 is 0. The van der Waals surface area contributed by atoms with Crippen molar-refractivity contribution in [3.63, 3.8) is 0 Å². The van der Waals surface area contributed by atoms with E-state index >= 15 is 0 Å². The van der Waals surface area contributed by atoms with Crippen molar-refractivity contribution in [2.24, 2.45) is 0 Å². The first-order valence-electron chi connectivity index (χ1n) is 5.27. The molecule has 0 radical (unpaired) electrons. The van der Waals surface area contributed by atoms with E-state index in [2.05, 4.69) is 23.2 Å². The lowest BCUT2D eigenvalue weighted by Gasteiger charge is -2.06. The molecule has 1 unspecified atom stereocenters. The Hall–Kier alpha value is -1.42. The molecule has 78 valence electrons. The van der Waals surface area contributed by atoms with Crippen LogP contribution in [0.4, 0.5) is 0 Å². The molecule has 3 rings (SSSR count). The quantitative estimate of drug-likeness (QED) is 0.710. The maximum Gasteiger partial charge on any atom is 0.166 e. The molecule has 2 aromatic heterocycles. The molecule has 4 nitrogen and oxygen atoms in total. The molecule has 1 fully saturated rings. The van der Waals surface area contributed by atoms with Gasteiger partial charge in [0.2, 0.25) is 0 Å². The standard InChI is InChI=1S/C11H13N3O/c1-8-4-5-14-10(7-8)12-13-11(14)9-3-2-6-15-9/h4-5,7,9H,2-3,6H2,1H3. The molecule has 1 atom stereocenters. The van der Waals surface area contributed by atoms with Crippen LogP contribution in [-0.4, -0.2) is 21.2 Å². The smallest absolute Gasteiger partial charge is 0.166 e. The van der Waals surface area contributed by atoms with E-state index in [1.165, 1.54) is 5.56 Å². The monoisotopic (exact) mass is 203 g/mol. The molecule has 0 saturated carbocycles. The minimum absolute atomic E-state index is 0.128. The first-order chi connectivity index (χ1) is 7.34. The van der Waals surface area contributed by atoms with Crippen LogP contribution in [0.5, 0.6) is 0 Å². The van der Waals surface area contributed by atoms with Crippen LogP contribution in [0, 0.1) is 6.92 Å². The summed E-state index contributed by atoms with van der Waals surface area (Å²) in [4.78, 5) is 0. The second-order valence-electron chi connectivity index (χ2n) is 3.99. The van der Waals surface area contributed by atoms with E-state index in [-0.39, 0.29) is 6.10 Å². The number of hydrogen-bond acceptors (Lipinski definition) is 3. The third kappa shape index (κ3) is 1.41. The van der Waals surface area contributed by atoms with E-state index in [0.29, 0.717) is 0 Å². The van der Waals surface area contributed by atoms with E-state index in [4.69, 9.17) is 4.74 Å². The van der Waals surface area contributed by atoms with Gasteiger partial charge in [0.15, 0.2) is 11.5 Å². The van der Waals surface area contributed by atoms with Gasteiger partial charge >= 0.3 is 0 Å². The molecule has 0 aliphatic carbocycles. The summed E-state index contributed by atoms with van der Waals surface area (Å²) in [5, 5.41) is 8.36. The number of rotatable bonds is 1. The third-order valence-electron chi connectivity index (χ3n) is 2.81. The normalized spacial score (nSPS) is 21.3. The first kappa shape index (κ1) is 8.85. The Morgan fingerprint density at radius 2 is 2.40 bits per heavy atom. The van der Waals surface area contributed by atoms with Crippen molar-refractivity contribution in [2.45, 2.75) is 25.9 Å². The van der Waals surface area contributed by atoms with Gasteiger partial charge in [0, 0.05) is 12.8 Å². The Balaban J connectivity index is 2.11. The summed E-state index contributed by atoms with van der Waals surface area (Å²) in [6.45, 7) is 2.89. The van der Waals surface area contributed by atoms with Crippen molar-refractivity contribution in [3.05, 3.63) is 29.7 Å². The molecule has 0 aromatic carbocycles. The predicted octanol–water partition coefficient (Wildman–Crippen LogP) is 1.89. The number of nitrogens with zero attached hydrogens (tertiary/aromatic N) is 3. The fraction of sp³-hybridized carbons (Fsp3) is 0.455. The lowest BCUT2D eigenvalue weighted by atomic mass is 10.2. The highest BCUT2D eigenvalue weighted by Gasteiger charge is 2.22. The van der Waals surface area contributed by atoms with Crippen LogP contribution in [0.15, 0.2) is 18.3 Å². The number of hydrogen-bond donors (Lipinski definition) is 0. The summed E-state index contributed by atoms with van der Waals surface area (Å²) in [7, 11) is 0. The Kier molecular flexibility index (Phi) is 1.95. The summed E-state index contributed by atoms with van der Waals surface area (Å²) < 4.78 is 7.63. The van der Waals surface area contributed by atoms with Gasteiger partial charge in [0.1, 0.15) is 6.10 Å². The second-order valence-corrected chi connectivity index (χ2v) is 3.99. The summed E-state index contributed by atoms with van der Waals surface area (Å²) in [5.41, 5.74) is 2.11. The van der Waals surface area contributed by atoms with Gasteiger partial charge in [0.25, 0.3) is 0 Å². The number of aromatic nitrogens is 3. The van der Waals surface area contributed by atoms with Crippen molar-refractivity contribution in [3.8, 4) is 0 Å². The number of ether oxygens (including phenoxy) is 1. The predicted molar refractivity (Wildman–Crippen MR) is 55.7 cm³/mol. The Morgan fingerprint density at radius 3 is 3.20 bits per heavy atom. The van der Waals surface area contributed by atoms with Crippen LogP contribution in [-0.2, 0) is 4.74 Å². The zero-order valence-electron chi connectivity index (χ0n) is 8.68. The average Bonchev–Trinajstić information content (AvgIpc) is 2.82. The molecular weight excluding hydrogens is 190 g/mol. The van der Waals surface area contributed by atoms with Gasteiger partial charge in [-0.3, -0.25) is 4.40 Å². The van der Waals surface area contributed by atoms with E-state index in [0.717, 1.165) is 30.9 Å². The molecule has 0 spiro atoms. The minimum atomic E-state index is 0.128. The van der Waals surface area contributed by atoms with Crippen LogP contribution >= 0.6 is 0 Å². The molecule has 2 aromatic rings. The maximum atomic E-state index is 5.61. The molecule has 0 amide bonds. The SMILES string of the molecule is Cc1ccn2c(C3CCCO3)nnc2c1. The van der Waals surface area contributed by atoms with Crippen LogP contribution in [0.3, 0.4) is 0 Å². The van der Waals surface area contributed by atoms with Crippen molar-refractivity contribution in [2.75, 3.05) is 6.61 Å². The lowest BCUT2D eigenvalue weighted by Crippen LogP contribution is -2.02. The van der Waals surface area contributed by atoms with Gasteiger partial charge in [-0.05, 0) is 37.5 Å². The van der Waals surface area contributed by atoms with Crippen LogP contribution in [0.1, 0.15) is 30.3 Å². The van der Waals surface area contributed by atoms with Gasteiger partial charge in [-0.15, -0.1) is 10.2 Å². The lowest BCUT2D eigenvalue weighted by molar-refractivity contribution is 0.104. The zero-order chi connectivity index (χ0) is 10.3. The van der Waals surface area contributed by atoms with Gasteiger partial charge < -0.3 is 4.74 Å². The molecule has 3 heterocycles. The van der Waals surface area contributed by atoms with E-state index in [1.807, 2.05) is 16.7 Å². The third-order valence-corrected chi connectivity index (χ3v) is 2.81. The fourth-order valence-corrected chi connectivity index (χ4v) is 2.01. The average molecular weight is 203 g/mol. The van der Waals surface area contributed by atoms with Crippen molar-refractivity contribution in [1.82, 2.24) is 14.6 Å². The van der Waals surface area contributed by atoms with Gasteiger partial charge in [-0.2, -0.15) is 0 Å². The number of fused-ring (bicyclic) bond motifs is 1. The molecule has 0 bridgehead atoms. The summed E-state index contributed by atoms with van der Waals surface area (Å²) in [6, 6.07) is 4.10. The van der Waals surface area contributed by atoms with Crippen molar-refractivity contribution >= 4 is 5.65 Å². The molecule has 1 aliphatic heterocycles. The number of aryl methyl sites for hydroxylation is 1. The van der Waals surface area contributed by atoms with Gasteiger partial charge in [-0.25, -0.2) is 0 Å². The van der Waals surface area contributed by atoms with E-state index < -0.39 is 0 Å². The highest BCUT2D eigenvalue weighted by Crippen LogP contribution is 2.27. The van der Waals surface area contributed by atoms with Crippen LogP contribution in [0.25, 0.3) is 5.65 Å².